The summed E-state index contributed by atoms with van der Waals surface area (Å²) in [7, 11) is 2.38. The van der Waals surface area contributed by atoms with Gasteiger partial charge in [-0.1, -0.05) is 92.4 Å². The first kappa shape index (κ1) is 22.6. The lowest BCUT2D eigenvalue weighted by Gasteiger charge is -2.34. The molecule has 0 saturated carbocycles. The standard InChI is InChI=1S/C25H36NOP/c1-8-9-14-25(6,28-22-13-11-10-12-19(22)17-26-7)21-16-20(24(3,4)5)15-18(2)23(21)27/h10-13,15-17,27-28H,8-9,14H2,1-7H3/b26-17+. The predicted octanol–water partition coefficient (Wildman–Crippen LogP) is 6.46. The highest BCUT2D eigenvalue weighted by molar-refractivity contribution is 7.48. The van der Waals surface area contributed by atoms with Crippen LogP contribution in [0.1, 0.15) is 76.1 Å². The van der Waals surface area contributed by atoms with Crippen molar-refractivity contribution in [1.82, 2.24) is 0 Å². The molecule has 0 aliphatic heterocycles. The number of rotatable bonds is 7. The lowest BCUT2D eigenvalue weighted by Crippen LogP contribution is -2.23. The molecule has 0 heterocycles. The van der Waals surface area contributed by atoms with E-state index in [1.54, 1.807) is 0 Å². The molecule has 0 amide bonds. The highest BCUT2D eigenvalue weighted by Gasteiger charge is 2.32. The van der Waals surface area contributed by atoms with E-state index < -0.39 is 0 Å². The molecule has 0 aliphatic carbocycles. The number of aliphatic imine (C=N–C) groups is 1. The van der Waals surface area contributed by atoms with Crippen molar-refractivity contribution in [3.05, 3.63) is 58.7 Å². The highest BCUT2D eigenvalue weighted by atomic mass is 31.1. The van der Waals surface area contributed by atoms with Crippen molar-refractivity contribution in [2.45, 2.75) is 71.4 Å². The maximum atomic E-state index is 11.1. The van der Waals surface area contributed by atoms with Gasteiger partial charge in [0.15, 0.2) is 0 Å². The third kappa shape index (κ3) is 5.23. The summed E-state index contributed by atoms with van der Waals surface area (Å²) < 4.78 is 0. The maximum absolute atomic E-state index is 11.1. The normalized spacial score (nSPS) is 14.8. The number of hydrogen-bond acceptors (Lipinski definition) is 2. The fourth-order valence-electron chi connectivity index (χ4n) is 3.59. The van der Waals surface area contributed by atoms with Gasteiger partial charge in [0.25, 0.3) is 0 Å². The van der Waals surface area contributed by atoms with E-state index in [2.05, 4.69) is 76.0 Å². The molecular formula is C25H36NOP. The highest BCUT2D eigenvalue weighted by Crippen LogP contribution is 2.50. The molecule has 152 valence electrons. The number of benzene rings is 2. The van der Waals surface area contributed by atoms with Crippen LogP contribution in [0.3, 0.4) is 0 Å². The van der Waals surface area contributed by atoms with E-state index in [1.165, 1.54) is 16.4 Å². The monoisotopic (exact) mass is 397 g/mol. The van der Waals surface area contributed by atoms with Gasteiger partial charge in [-0.3, -0.25) is 4.99 Å². The molecule has 2 nitrogen and oxygen atoms in total. The number of phenols is 1. The van der Waals surface area contributed by atoms with Crippen LogP contribution < -0.4 is 5.30 Å². The Bertz CT molecular complexity index is 835. The van der Waals surface area contributed by atoms with Crippen LogP contribution in [-0.2, 0) is 10.6 Å². The van der Waals surface area contributed by atoms with Gasteiger partial charge in [-0.05, 0) is 40.8 Å². The van der Waals surface area contributed by atoms with Crippen LogP contribution in [0, 0.1) is 6.92 Å². The van der Waals surface area contributed by atoms with Crippen LogP contribution in [0.2, 0.25) is 0 Å². The van der Waals surface area contributed by atoms with Gasteiger partial charge in [0.05, 0.1) is 0 Å². The maximum Gasteiger partial charge on any atom is 0.122 e. The van der Waals surface area contributed by atoms with Crippen molar-refractivity contribution >= 4 is 20.1 Å². The molecule has 0 saturated heterocycles. The van der Waals surface area contributed by atoms with Crippen LogP contribution >= 0.6 is 8.58 Å². The van der Waals surface area contributed by atoms with E-state index in [0.29, 0.717) is 14.3 Å². The first-order valence-electron chi connectivity index (χ1n) is 10.3. The minimum absolute atomic E-state index is 0.0504. The quantitative estimate of drug-likeness (QED) is 0.422. The second kappa shape index (κ2) is 9.23. The number of phenolic OH excluding ortho intramolecular Hbond substituents is 1. The van der Waals surface area contributed by atoms with Crippen LogP contribution in [-0.4, -0.2) is 18.4 Å². The van der Waals surface area contributed by atoms with Crippen molar-refractivity contribution in [3.8, 4) is 5.75 Å². The molecule has 0 radical (unpaired) electrons. The fraction of sp³-hybridized carbons (Fsp3) is 0.480. The Hall–Kier alpha value is -1.66. The smallest absolute Gasteiger partial charge is 0.122 e. The lowest BCUT2D eigenvalue weighted by molar-refractivity contribution is 0.445. The molecule has 0 aromatic heterocycles. The van der Waals surface area contributed by atoms with Crippen LogP contribution in [0.5, 0.6) is 5.75 Å². The molecule has 2 atom stereocenters. The van der Waals surface area contributed by atoms with Crippen LogP contribution in [0.4, 0.5) is 0 Å². The summed E-state index contributed by atoms with van der Waals surface area (Å²) in [4.78, 5) is 4.24. The van der Waals surface area contributed by atoms with Crippen LogP contribution in [0.15, 0.2) is 41.4 Å². The summed E-state index contributed by atoms with van der Waals surface area (Å²) in [6, 6.07) is 12.9. The second-order valence-electron chi connectivity index (χ2n) is 8.97. The molecule has 2 aromatic rings. The molecule has 28 heavy (non-hydrogen) atoms. The van der Waals surface area contributed by atoms with E-state index in [0.717, 1.165) is 30.4 Å². The average molecular weight is 398 g/mol. The van der Waals surface area contributed by atoms with Gasteiger partial charge in [-0.2, -0.15) is 0 Å². The molecular weight excluding hydrogens is 361 g/mol. The number of aromatic hydroxyl groups is 1. The van der Waals surface area contributed by atoms with Gasteiger partial charge in [0, 0.05) is 24.0 Å². The summed E-state index contributed by atoms with van der Waals surface area (Å²) in [5, 5.41) is 12.3. The van der Waals surface area contributed by atoms with Gasteiger partial charge in [0.1, 0.15) is 5.75 Å². The summed E-state index contributed by atoms with van der Waals surface area (Å²) in [6.07, 6.45) is 5.29. The SMILES string of the molecule is CCCCC(C)(Pc1ccccc1/C=N/C)c1cc(C(C)(C)C)cc(C)c1O. The summed E-state index contributed by atoms with van der Waals surface area (Å²) in [5.74, 6) is 0.459. The van der Waals surface area contributed by atoms with Crippen LogP contribution in [0.25, 0.3) is 0 Å². The zero-order valence-corrected chi connectivity index (χ0v) is 19.6. The van der Waals surface area contributed by atoms with Crippen molar-refractivity contribution < 1.29 is 5.11 Å². The molecule has 2 aromatic carbocycles. The Morgan fingerprint density at radius 2 is 1.79 bits per heavy atom. The number of nitrogens with zero attached hydrogens (tertiary/aromatic N) is 1. The fourth-order valence-corrected chi connectivity index (χ4v) is 5.28. The van der Waals surface area contributed by atoms with Crippen molar-refractivity contribution in [2.75, 3.05) is 7.05 Å². The van der Waals surface area contributed by atoms with E-state index in [1.807, 2.05) is 20.2 Å². The number of unbranched alkanes of at least 4 members (excludes halogenated alkanes) is 1. The molecule has 2 unspecified atom stereocenters. The molecule has 0 fully saturated rings. The van der Waals surface area contributed by atoms with Gasteiger partial charge < -0.3 is 5.11 Å². The largest absolute Gasteiger partial charge is 0.507 e. The van der Waals surface area contributed by atoms with Crippen molar-refractivity contribution in [1.29, 1.82) is 0 Å². The third-order valence-electron chi connectivity index (χ3n) is 5.43. The Kier molecular flexibility index (Phi) is 7.46. The minimum atomic E-state index is -0.107. The Morgan fingerprint density at radius 1 is 1.11 bits per heavy atom. The summed E-state index contributed by atoms with van der Waals surface area (Å²) in [6.45, 7) is 13.3. The zero-order valence-electron chi connectivity index (χ0n) is 18.6. The number of hydrogen-bond donors (Lipinski definition) is 1. The molecule has 2 rings (SSSR count). The van der Waals surface area contributed by atoms with Gasteiger partial charge >= 0.3 is 0 Å². The lowest BCUT2D eigenvalue weighted by atomic mass is 9.82. The molecule has 0 bridgehead atoms. The van der Waals surface area contributed by atoms with E-state index in [4.69, 9.17) is 0 Å². The summed E-state index contributed by atoms with van der Waals surface area (Å²) >= 11 is 0. The zero-order chi connectivity index (χ0) is 20.9. The molecule has 0 aliphatic rings. The van der Waals surface area contributed by atoms with E-state index in [9.17, 15) is 5.11 Å². The minimum Gasteiger partial charge on any atom is -0.507 e. The van der Waals surface area contributed by atoms with E-state index in [-0.39, 0.29) is 10.6 Å². The van der Waals surface area contributed by atoms with Crippen molar-refractivity contribution in [3.63, 3.8) is 0 Å². The molecule has 1 N–H and O–H groups in total. The van der Waals surface area contributed by atoms with Gasteiger partial charge in [0.2, 0.25) is 0 Å². The summed E-state index contributed by atoms with van der Waals surface area (Å²) in [5.41, 5.74) is 4.57. The molecule has 3 heteroatoms. The Labute approximate surface area is 173 Å². The Morgan fingerprint density at radius 3 is 2.39 bits per heavy atom. The first-order chi connectivity index (χ1) is 13.1. The third-order valence-corrected chi connectivity index (χ3v) is 7.23. The molecule has 0 spiro atoms. The Balaban J connectivity index is 2.62. The number of aryl methyl sites for hydroxylation is 1. The van der Waals surface area contributed by atoms with Gasteiger partial charge in [-0.15, -0.1) is 0 Å². The van der Waals surface area contributed by atoms with Crippen molar-refractivity contribution in [2.24, 2.45) is 4.99 Å². The predicted molar refractivity (Wildman–Crippen MR) is 126 cm³/mol. The first-order valence-corrected chi connectivity index (χ1v) is 11.3. The topological polar surface area (TPSA) is 32.6 Å². The van der Waals surface area contributed by atoms with E-state index >= 15 is 0 Å². The average Bonchev–Trinajstić information content (AvgIpc) is 2.63. The van der Waals surface area contributed by atoms with Gasteiger partial charge in [-0.25, -0.2) is 0 Å². The second-order valence-corrected chi connectivity index (χ2v) is 10.9.